The maximum Gasteiger partial charge on any atom is 0.329 e. The number of hydrogen-bond acceptors (Lipinski definition) is 6. The van der Waals surface area contributed by atoms with E-state index in [1.165, 1.54) is 13.3 Å². The molecular weight excluding hydrogens is 552 g/mol. The first-order chi connectivity index (χ1) is 18.2. The van der Waals surface area contributed by atoms with Crippen molar-refractivity contribution < 1.29 is 23.9 Å². The Morgan fingerprint density at radius 3 is 2.37 bits per heavy atom. The fourth-order valence-electron chi connectivity index (χ4n) is 3.68. The van der Waals surface area contributed by atoms with Crippen molar-refractivity contribution in [1.82, 2.24) is 5.43 Å². The lowest BCUT2D eigenvalue weighted by atomic mass is 10.1. The molecule has 0 atom stereocenters. The number of amides is 3. The topological polar surface area (TPSA) is 118 Å². The van der Waals surface area contributed by atoms with Crippen molar-refractivity contribution in [1.29, 1.82) is 0 Å². The first kappa shape index (κ1) is 28.4. The van der Waals surface area contributed by atoms with Crippen molar-refractivity contribution in [3.05, 3.63) is 81.3 Å². The summed E-state index contributed by atoms with van der Waals surface area (Å²) < 4.78 is 11.6. The lowest BCUT2D eigenvalue weighted by molar-refractivity contribution is -0.136. The number of benzene rings is 3. The second-order valence-corrected chi connectivity index (χ2v) is 9.27. The number of carbonyl (C=O) groups is 3. The Morgan fingerprint density at radius 2 is 1.68 bits per heavy atom. The van der Waals surface area contributed by atoms with Crippen molar-refractivity contribution in [3.63, 3.8) is 0 Å². The number of para-hydroxylation sites is 1. The molecule has 10 heteroatoms. The Labute approximate surface area is 229 Å². The van der Waals surface area contributed by atoms with Crippen molar-refractivity contribution in [2.45, 2.75) is 27.2 Å². The zero-order valence-electron chi connectivity index (χ0n) is 21.6. The molecule has 0 aromatic heterocycles. The third-order valence-corrected chi connectivity index (χ3v) is 5.93. The van der Waals surface area contributed by atoms with Crippen LogP contribution in [-0.2, 0) is 20.8 Å². The van der Waals surface area contributed by atoms with Crippen LogP contribution in [-0.4, -0.2) is 37.7 Å². The van der Waals surface area contributed by atoms with Crippen LogP contribution in [0.1, 0.15) is 29.2 Å². The summed E-state index contributed by atoms with van der Waals surface area (Å²) >= 11 is 3.42. The lowest BCUT2D eigenvalue weighted by Gasteiger charge is -2.14. The van der Waals surface area contributed by atoms with Gasteiger partial charge in [-0.15, -0.1) is 0 Å². The molecule has 0 saturated heterocycles. The fraction of sp³-hybridized carbons (Fsp3) is 0.214. The summed E-state index contributed by atoms with van der Waals surface area (Å²) in [4.78, 5) is 36.8. The van der Waals surface area contributed by atoms with Crippen LogP contribution in [0.25, 0.3) is 0 Å². The van der Waals surface area contributed by atoms with Gasteiger partial charge < -0.3 is 20.1 Å². The molecule has 3 rings (SSSR count). The van der Waals surface area contributed by atoms with Gasteiger partial charge in [0, 0.05) is 11.4 Å². The molecule has 3 amide bonds. The maximum atomic E-state index is 12.4. The molecule has 0 aliphatic carbocycles. The lowest BCUT2D eigenvalue weighted by Crippen LogP contribution is -2.32. The highest BCUT2D eigenvalue weighted by Gasteiger charge is 2.16. The second-order valence-electron chi connectivity index (χ2n) is 8.41. The van der Waals surface area contributed by atoms with Gasteiger partial charge in [-0.05, 0) is 88.8 Å². The Bertz CT molecular complexity index is 1350. The van der Waals surface area contributed by atoms with Crippen molar-refractivity contribution in [2.24, 2.45) is 5.10 Å². The van der Waals surface area contributed by atoms with E-state index in [1.54, 1.807) is 24.3 Å². The van der Waals surface area contributed by atoms with Crippen LogP contribution in [0.5, 0.6) is 11.5 Å². The fourth-order valence-corrected chi connectivity index (χ4v) is 4.26. The molecule has 3 N–H and O–H groups in total. The van der Waals surface area contributed by atoms with Gasteiger partial charge in [0.2, 0.25) is 0 Å². The minimum absolute atomic E-state index is 0.234. The largest absolute Gasteiger partial charge is 0.493 e. The van der Waals surface area contributed by atoms with Crippen LogP contribution in [0.2, 0.25) is 0 Å². The summed E-state index contributed by atoms with van der Waals surface area (Å²) in [5, 5.41) is 9.27. The summed E-state index contributed by atoms with van der Waals surface area (Å²) in [5.74, 6) is -1.38. The molecule has 3 aromatic carbocycles. The highest BCUT2D eigenvalue weighted by atomic mass is 79.9. The molecule has 0 aliphatic heterocycles. The highest BCUT2D eigenvalue weighted by Crippen LogP contribution is 2.36. The summed E-state index contributed by atoms with van der Waals surface area (Å²) in [5.41, 5.74) is 7.03. The van der Waals surface area contributed by atoms with Gasteiger partial charge in [-0.2, -0.15) is 5.10 Å². The second kappa shape index (κ2) is 13.4. The van der Waals surface area contributed by atoms with E-state index < -0.39 is 11.8 Å². The predicted molar refractivity (Wildman–Crippen MR) is 151 cm³/mol. The van der Waals surface area contributed by atoms with Crippen LogP contribution in [0, 0.1) is 13.8 Å². The van der Waals surface area contributed by atoms with Crippen molar-refractivity contribution in [3.8, 4) is 11.5 Å². The van der Waals surface area contributed by atoms with Gasteiger partial charge in [-0.1, -0.05) is 31.2 Å². The van der Waals surface area contributed by atoms with Crippen LogP contribution < -0.4 is 25.5 Å². The van der Waals surface area contributed by atoms with E-state index in [4.69, 9.17) is 9.47 Å². The molecule has 0 heterocycles. The molecule has 38 heavy (non-hydrogen) atoms. The summed E-state index contributed by atoms with van der Waals surface area (Å²) in [6.45, 7) is 5.64. The smallest absolute Gasteiger partial charge is 0.329 e. The van der Waals surface area contributed by atoms with E-state index in [-0.39, 0.29) is 12.5 Å². The molecule has 0 bridgehead atoms. The number of nitrogens with one attached hydrogen (secondary N) is 3. The Morgan fingerprint density at radius 1 is 0.974 bits per heavy atom. The standard InChI is InChI=1S/C28H29BrN4O5/c1-5-20-8-6-7-9-23(20)32-27(35)28(36)33-30-15-19-13-22(29)26(24(14-19)37-4)38-16-25(34)31-21-11-17(2)10-18(3)12-21/h6-15H,5,16H2,1-4H3,(H,31,34)(H,32,35)(H,33,36)/b30-15-. The number of anilines is 2. The summed E-state index contributed by atoms with van der Waals surface area (Å²) in [7, 11) is 1.46. The van der Waals surface area contributed by atoms with E-state index in [1.807, 2.05) is 51.1 Å². The molecular formula is C28H29BrN4O5. The molecule has 198 valence electrons. The number of methoxy groups -OCH3 is 1. The monoisotopic (exact) mass is 580 g/mol. The Hall–Kier alpha value is -4.18. The number of hydrogen-bond donors (Lipinski definition) is 3. The van der Waals surface area contributed by atoms with Gasteiger partial charge in [0.1, 0.15) is 0 Å². The zero-order chi connectivity index (χ0) is 27.7. The number of carbonyl (C=O) groups excluding carboxylic acids is 3. The molecule has 9 nitrogen and oxygen atoms in total. The molecule has 3 aromatic rings. The first-order valence-electron chi connectivity index (χ1n) is 11.8. The Balaban J connectivity index is 1.59. The molecule has 0 radical (unpaired) electrons. The average molecular weight is 581 g/mol. The molecule has 0 spiro atoms. The van der Waals surface area contributed by atoms with E-state index in [9.17, 15) is 14.4 Å². The van der Waals surface area contributed by atoms with E-state index in [0.29, 0.717) is 39.3 Å². The SMILES string of the molecule is CCc1ccccc1NC(=O)C(=O)N/N=C\c1cc(Br)c(OCC(=O)Nc2cc(C)cc(C)c2)c(OC)c1. The summed E-state index contributed by atoms with van der Waals surface area (Å²) in [6.07, 6.45) is 2.07. The van der Waals surface area contributed by atoms with E-state index in [2.05, 4.69) is 37.1 Å². The van der Waals surface area contributed by atoms with Gasteiger partial charge in [0.15, 0.2) is 18.1 Å². The van der Waals surface area contributed by atoms with Crippen LogP contribution in [0.3, 0.4) is 0 Å². The van der Waals surface area contributed by atoms with Gasteiger partial charge in [-0.3, -0.25) is 14.4 Å². The maximum absolute atomic E-state index is 12.4. The third kappa shape index (κ3) is 7.91. The zero-order valence-corrected chi connectivity index (χ0v) is 23.1. The molecule has 0 aliphatic rings. The number of aryl methyl sites for hydroxylation is 3. The van der Waals surface area contributed by atoms with E-state index in [0.717, 1.165) is 16.7 Å². The van der Waals surface area contributed by atoms with Gasteiger partial charge >= 0.3 is 11.8 Å². The third-order valence-electron chi connectivity index (χ3n) is 5.34. The van der Waals surface area contributed by atoms with Crippen LogP contribution in [0.4, 0.5) is 11.4 Å². The van der Waals surface area contributed by atoms with Crippen LogP contribution in [0.15, 0.2) is 64.2 Å². The number of nitrogens with zero attached hydrogens (tertiary/aromatic N) is 1. The molecule has 0 saturated carbocycles. The van der Waals surface area contributed by atoms with Crippen LogP contribution >= 0.6 is 15.9 Å². The molecule has 0 fully saturated rings. The number of ether oxygens (including phenoxy) is 2. The minimum Gasteiger partial charge on any atom is -0.493 e. The highest BCUT2D eigenvalue weighted by molar-refractivity contribution is 9.10. The minimum atomic E-state index is -0.909. The number of halogens is 1. The number of rotatable bonds is 9. The van der Waals surface area contributed by atoms with Crippen molar-refractivity contribution >= 4 is 51.2 Å². The van der Waals surface area contributed by atoms with Gasteiger partial charge in [0.05, 0.1) is 17.8 Å². The Kier molecular flexibility index (Phi) is 10.0. The predicted octanol–water partition coefficient (Wildman–Crippen LogP) is 4.74. The average Bonchev–Trinajstić information content (AvgIpc) is 2.87. The first-order valence-corrected chi connectivity index (χ1v) is 12.6. The van der Waals surface area contributed by atoms with Gasteiger partial charge in [-0.25, -0.2) is 5.43 Å². The summed E-state index contributed by atoms with van der Waals surface area (Å²) in [6, 6.07) is 16.3. The molecule has 0 unspecified atom stereocenters. The van der Waals surface area contributed by atoms with E-state index >= 15 is 0 Å². The normalized spacial score (nSPS) is 10.7. The van der Waals surface area contributed by atoms with Gasteiger partial charge in [0.25, 0.3) is 5.91 Å². The van der Waals surface area contributed by atoms with Crippen molar-refractivity contribution in [2.75, 3.05) is 24.4 Å². The number of hydrazone groups is 1. The quantitative estimate of drug-likeness (QED) is 0.192.